The van der Waals surface area contributed by atoms with E-state index in [1.807, 2.05) is 32.0 Å². The molecule has 5 heterocycles. The van der Waals surface area contributed by atoms with Crippen LogP contribution in [0.2, 0.25) is 10.1 Å². The van der Waals surface area contributed by atoms with E-state index in [4.69, 9.17) is 63.2 Å². The zero-order chi connectivity index (χ0) is 104. The summed E-state index contributed by atoms with van der Waals surface area (Å²) < 4.78 is 129. The Balaban J connectivity index is 0.000000243. The summed E-state index contributed by atoms with van der Waals surface area (Å²) in [7, 11) is -6.05. The van der Waals surface area contributed by atoms with Gasteiger partial charge >= 0.3 is 41.7 Å². The molecule has 8 aromatic carbocycles. The summed E-state index contributed by atoms with van der Waals surface area (Å²) in [6.45, 7) is 49.8. The minimum absolute atomic E-state index is 0.0240. The third kappa shape index (κ3) is 31.3. The van der Waals surface area contributed by atoms with Gasteiger partial charge in [-0.15, -0.1) is 0 Å². The average molecular weight is 2120 g/mol. The van der Waals surface area contributed by atoms with Crippen LogP contribution in [0.3, 0.4) is 0 Å². The predicted molar refractivity (Wildman–Crippen MR) is 554 cm³/mol. The second-order valence-electron chi connectivity index (χ2n) is 41.5. The number of aliphatic hydroxyl groups is 1. The van der Waals surface area contributed by atoms with Gasteiger partial charge in [0, 0.05) is 140 Å². The molecular formula is C113H150AgF3N4O17S2Si2-. The van der Waals surface area contributed by atoms with Crippen LogP contribution in [-0.2, 0) is 131 Å². The van der Waals surface area contributed by atoms with Crippen molar-refractivity contribution in [2.45, 2.75) is 296 Å². The summed E-state index contributed by atoms with van der Waals surface area (Å²) >= 11 is 3.34. The van der Waals surface area contributed by atoms with Gasteiger partial charge in [-0.05, 0) is 138 Å². The number of aromatic nitrogens is 2. The fraction of sp³-hybridized carbons (Fsp3) is 0.487. The fourth-order valence-corrected chi connectivity index (χ4v) is 30.7. The molecule has 4 aliphatic heterocycles. The predicted octanol–water partition coefficient (Wildman–Crippen LogP) is 22.1. The molecule has 4 aliphatic rings. The Morgan fingerprint density at radius 2 is 0.775 bits per heavy atom. The fourth-order valence-electron chi connectivity index (χ4n) is 20.2. The molecule has 1 aromatic heterocycles. The number of esters is 2. The van der Waals surface area contributed by atoms with Gasteiger partial charge in [0.25, 0.3) is 16.6 Å². The number of halogens is 3. The molecule has 0 aliphatic carbocycles. The van der Waals surface area contributed by atoms with Crippen LogP contribution >= 0.6 is 11.8 Å². The molecule has 0 bridgehead atoms. The molecule has 1 N–H and O–H groups in total. The number of aliphatic hydroxyl groups excluding tert-OH is 1. The number of nitrogens with zero attached hydrogens (tertiary/aromatic N) is 4. The van der Waals surface area contributed by atoms with Gasteiger partial charge in [0.2, 0.25) is 11.6 Å². The Kier molecular flexibility index (Phi) is 43.5. The van der Waals surface area contributed by atoms with Crippen molar-refractivity contribution in [1.29, 1.82) is 0 Å². The molecule has 6 unspecified atom stereocenters. The quantitative estimate of drug-likeness (QED) is 0.0166. The Labute approximate surface area is 862 Å². The number of benzene rings is 8. The number of carbonyl (C=O) groups is 2. The number of hydrogen-bond acceptors (Lipinski definition) is 23. The summed E-state index contributed by atoms with van der Waals surface area (Å²) in [6, 6.07) is 88.0. The third-order valence-corrected chi connectivity index (χ3v) is 38.8. The minimum atomic E-state index is -5.08. The van der Waals surface area contributed by atoms with E-state index in [0.717, 1.165) is 44.2 Å². The number of hydrogen-bond donors (Lipinski definition) is 1. The number of alkyl halides is 3. The summed E-state index contributed by atoms with van der Waals surface area (Å²) in [5, 5.41) is 17.0. The van der Waals surface area contributed by atoms with Crippen LogP contribution in [0.5, 0.6) is 0 Å². The van der Waals surface area contributed by atoms with Crippen LogP contribution in [0, 0.1) is 35.5 Å². The SMILES string of the molecule is CC1CC(N(Cc2ccccc2)Cc2ccccc2)C(C)[C@H](Sc2ncccn2)O1.CO[C@](C)(C[C@@H](C)CO[Si](c1ccccc1)(c1ccccc1)C(C)(C)C)[C@H](O)[C@@H](C)C1=C(C)C(=O)OC(C)(C)O1.CO[C@](C)(C[C@@H](C)CO[Si](c1ccccc1)(c1ccccc1)C(C)(C)C)[C@H](O[C@@H]1OC(C)CC(N(Cc2ccccc2)Cc2ccccc2)C1C)[C@@H](C)C1=C(C)C(=O)OC(C)(C)O1.O=[S-](=O)C(F)(F)F.[O]=[Ag]. The standard InChI is InChI=1S/C54H73NO7Si.C33H48O6Si.C25H29N3OS.CF3O2S.Ag.O/c1-38(37-58-63(52(6,7)8,45-29-21-15-22-30-45)46-31-23-16-24-32-46)34-54(11,57-12)49(41(4)48-42(5)50(56)62-53(9,10)61-48)60-51-40(3)47(33-39(2)59-51)55(35-43-25-17-13-18-26-43)36-44-27-19-14-20-28-44;1-23(21-33(9,36-10)29(34)24(2)28-25(3)30(35)39-32(7,8)38-28)22-37-40(31(4,5)6,26-17-13-11-14-18-26)27-19-15-12-16-20-27;1-19-16-23(20(2)24(29-19)30-25-26-14-9-15-27-25)28(17-21-10-5-3-6-11-21)18-22-12-7-4-8-13-22;2-1(3,4)7(5)6;;/h13-32,38-41,47,49,51H,33-37H2,1-12H3;11-20,23-24,29,34H,21-22H2,1-10H3;3-15,19-20,23-24H,16-18H2,1-2H3;;;/q;;;-1;;/t38-,39?,40?,41+,47?,49-,51+,54-;23-,24+,29-,33-;19?,20?,23?,24-;;;/m110.../s1. The molecular weight excluding hydrogens is 1970 g/mol. The second kappa shape index (κ2) is 52.7. The number of carbonyl (C=O) groups excluding carboxylic acids is 2. The molecule has 9 aromatic rings. The van der Waals surface area contributed by atoms with Crippen molar-refractivity contribution in [3.63, 3.8) is 0 Å². The van der Waals surface area contributed by atoms with Crippen LogP contribution in [0.4, 0.5) is 13.2 Å². The molecule has 16 atom stereocenters. The molecule has 13 rings (SSSR count). The van der Waals surface area contributed by atoms with Crippen LogP contribution in [0.15, 0.2) is 289 Å². The van der Waals surface area contributed by atoms with Gasteiger partial charge in [-0.25, -0.2) is 19.6 Å². The van der Waals surface area contributed by atoms with Crippen molar-refractivity contribution < 1.29 is 112 Å². The average Bonchev–Trinajstić information content (AvgIpc) is 0.740. The topological polar surface area (TPSA) is 239 Å². The molecule has 142 heavy (non-hydrogen) atoms. The van der Waals surface area contributed by atoms with E-state index in [1.54, 1.807) is 101 Å². The van der Waals surface area contributed by atoms with Gasteiger partial charge < -0.3 is 65.0 Å². The van der Waals surface area contributed by atoms with Crippen LogP contribution in [-0.4, -0.2) is 157 Å². The Morgan fingerprint density at radius 1 is 0.472 bits per heavy atom. The van der Waals surface area contributed by atoms with Gasteiger partial charge in [0.05, 0.1) is 46.8 Å². The van der Waals surface area contributed by atoms with Gasteiger partial charge in [0.15, 0.2) is 11.4 Å². The van der Waals surface area contributed by atoms with Gasteiger partial charge in [-0.2, -0.15) is 13.2 Å². The summed E-state index contributed by atoms with van der Waals surface area (Å²) in [5.74, 6) is -2.55. The summed E-state index contributed by atoms with van der Waals surface area (Å²) in [6.07, 6.45) is 4.62. The number of rotatable bonds is 36. The molecule has 21 nitrogen and oxygen atoms in total. The zero-order valence-electron chi connectivity index (χ0n) is 87.0. The number of cyclic esters (lactones) is 2. The van der Waals surface area contributed by atoms with Gasteiger partial charge in [0.1, 0.15) is 17.0 Å². The zero-order valence-corrected chi connectivity index (χ0v) is 92.1. The normalized spacial score (nSPS) is 21.5. The Bertz CT molecular complexity index is 5330. The maximum absolute atomic E-state index is 13.4. The van der Waals surface area contributed by atoms with Crippen molar-refractivity contribution in [2.75, 3.05) is 27.4 Å². The molecule has 0 amide bonds. The maximum atomic E-state index is 13.4. The van der Waals surface area contributed by atoms with E-state index in [1.165, 1.54) is 43.0 Å². The molecule has 0 spiro atoms. The molecule has 777 valence electrons. The summed E-state index contributed by atoms with van der Waals surface area (Å²) in [5.41, 5.74) is -0.822. The van der Waals surface area contributed by atoms with Gasteiger partial charge in [-0.3, -0.25) is 9.80 Å². The number of ether oxygens (including phenoxy) is 9. The van der Waals surface area contributed by atoms with E-state index >= 15 is 0 Å². The Morgan fingerprint density at radius 3 is 1.09 bits per heavy atom. The van der Waals surface area contributed by atoms with Crippen molar-refractivity contribution in [3.05, 3.63) is 306 Å². The number of thioether (sulfide) groups is 1. The third-order valence-electron chi connectivity index (χ3n) is 27.2. The first-order valence-corrected chi connectivity index (χ1v) is 55.3. The molecule has 0 saturated carbocycles. The van der Waals surface area contributed by atoms with Crippen LogP contribution in [0.1, 0.15) is 200 Å². The molecule has 2 fully saturated rings. The van der Waals surface area contributed by atoms with Crippen molar-refractivity contribution >= 4 is 71.8 Å². The molecule has 29 heteroatoms. The van der Waals surface area contributed by atoms with E-state index in [9.17, 15) is 27.9 Å². The first-order chi connectivity index (χ1) is 67.1. The number of methoxy groups -OCH3 is 2. The first kappa shape index (κ1) is 117. The van der Waals surface area contributed by atoms with E-state index in [2.05, 4.69) is 347 Å². The summed E-state index contributed by atoms with van der Waals surface area (Å²) in [4.78, 5) is 39.8. The molecule has 0 radical (unpaired) electrons. The Hall–Kier alpha value is -8.48. The van der Waals surface area contributed by atoms with Gasteiger partial charge in [-0.1, -0.05) is 338 Å². The van der Waals surface area contributed by atoms with E-state index < -0.39 is 97.9 Å². The van der Waals surface area contributed by atoms with Crippen LogP contribution < -0.4 is 20.7 Å². The van der Waals surface area contributed by atoms with Crippen molar-refractivity contribution in [2.24, 2.45) is 35.5 Å². The second-order valence-corrected chi connectivity index (χ2v) is 52.1. The monoisotopic (exact) mass is 2120 g/mol. The van der Waals surface area contributed by atoms with Crippen LogP contribution in [0.25, 0.3) is 0 Å². The van der Waals surface area contributed by atoms with E-state index in [-0.39, 0.29) is 51.5 Å². The van der Waals surface area contributed by atoms with E-state index in [0.29, 0.717) is 60.7 Å². The molecule has 2 saturated heterocycles. The van der Waals surface area contributed by atoms with Crippen molar-refractivity contribution in [3.8, 4) is 0 Å². The van der Waals surface area contributed by atoms with Crippen molar-refractivity contribution in [1.82, 2.24) is 19.8 Å². The first-order valence-electron chi connectivity index (χ1n) is 48.9.